The van der Waals surface area contributed by atoms with Crippen molar-refractivity contribution in [3.05, 3.63) is 34.3 Å². The summed E-state index contributed by atoms with van der Waals surface area (Å²) >= 11 is 3.42. The molecule has 3 nitrogen and oxygen atoms in total. The molecule has 0 amide bonds. The molecule has 0 saturated carbocycles. The number of piperidine rings is 1. The Hall–Kier alpha value is -0.870. The highest BCUT2D eigenvalue weighted by Crippen LogP contribution is 2.44. The fraction of sp³-hybridized carbons (Fsp3) is 0.588. The second-order valence-corrected chi connectivity index (χ2v) is 7.25. The van der Waals surface area contributed by atoms with Crippen molar-refractivity contribution in [1.29, 1.82) is 0 Å². The topological polar surface area (TPSA) is 29.5 Å². The maximum atomic E-state index is 12.6. The largest absolute Gasteiger partial charge is 0.443 e. The van der Waals surface area contributed by atoms with Crippen molar-refractivity contribution in [3.8, 4) is 0 Å². The number of fused-ring (bicyclic) bond motifs is 2. The number of carbonyl (C=O) groups excluding carboxylic acids is 1. The number of hydrogen-bond acceptors (Lipinski definition) is 3. The van der Waals surface area contributed by atoms with Crippen LogP contribution in [-0.2, 0) is 9.53 Å². The first-order chi connectivity index (χ1) is 10.0. The van der Waals surface area contributed by atoms with Gasteiger partial charge in [0.15, 0.2) is 5.72 Å². The van der Waals surface area contributed by atoms with Crippen LogP contribution >= 0.6 is 15.9 Å². The zero-order valence-electron chi connectivity index (χ0n) is 12.6. The molecular weight excluding hydrogens is 330 g/mol. The van der Waals surface area contributed by atoms with Crippen LogP contribution in [0.2, 0.25) is 0 Å². The monoisotopic (exact) mass is 351 g/mol. The summed E-state index contributed by atoms with van der Waals surface area (Å²) in [5, 5.41) is 0. The second kappa shape index (κ2) is 5.73. The summed E-state index contributed by atoms with van der Waals surface area (Å²) in [6.07, 6.45) is 5.50. The van der Waals surface area contributed by atoms with Crippen LogP contribution < -0.4 is 0 Å². The van der Waals surface area contributed by atoms with Gasteiger partial charge in [-0.15, -0.1) is 0 Å². The number of hydrogen-bond donors (Lipinski definition) is 0. The Morgan fingerprint density at radius 2 is 2.05 bits per heavy atom. The lowest BCUT2D eigenvalue weighted by Crippen LogP contribution is -2.51. The molecule has 3 atom stereocenters. The summed E-state index contributed by atoms with van der Waals surface area (Å²) < 4.78 is 7.03. The van der Waals surface area contributed by atoms with Crippen LogP contribution in [0.5, 0.6) is 0 Å². The van der Waals surface area contributed by atoms with Gasteiger partial charge in [-0.25, -0.2) is 0 Å². The third-order valence-corrected chi connectivity index (χ3v) is 5.71. The number of carbonyl (C=O) groups is 1. The molecule has 114 valence electrons. The maximum Gasteiger partial charge on any atom is 0.314 e. The third-order valence-electron chi connectivity index (χ3n) is 5.18. The van der Waals surface area contributed by atoms with E-state index in [1.54, 1.807) is 0 Å². The number of nitrogens with zero attached hydrogens (tertiary/aromatic N) is 1. The Kier molecular flexibility index (Phi) is 4.10. The first kappa shape index (κ1) is 15.0. The third kappa shape index (κ3) is 2.76. The summed E-state index contributed by atoms with van der Waals surface area (Å²) in [5.74, 6) is -0.325. The average Bonchev–Trinajstić information content (AvgIpc) is 2.66. The Morgan fingerprint density at radius 1 is 1.33 bits per heavy atom. The molecular formula is C17H22BrNO2. The molecule has 0 N–H and O–H groups in total. The summed E-state index contributed by atoms with van der Waals surface area (Å²) in [7, 11) is 2.11. The van der Waals surface area contributed by atoms with Gasteiger partial charge in [0.2, 0.25) is 0 Å². The zero-order valence-corrected chi connectivity index (χ0v) is 14.2. The molecule has 21 heavy (non-hydrogen) atoms. The van der Waals surface area contributed by atoms with Gasteiger partial charge in [-0.1, -0.05) is 28.1 Å². The van der Waals surface area contributed by atoms with Gasteiger partial charge in [0, 0.05) is 23.4 Å². The van der Waals surface area contributed by atoms with Crippen LogP contribution in [0.1, 0.15) is 50.5 Å². The molecule has 0 aromatic heterocycles. The van der Waals surface area contributed by atoms with Crippen LogP contribution in [0.4, 0.5) is 0 Å². The van der Waals surface area contributed by atoms with Gasteiger partial charge in [0.25, 0.3) is 0 Å². The highest BCUT2D eigenvalue weighted by Gasteiger charge is 2.50. The highest BCUT2D eigenvalue weighted by atomic mass is 79.9. The molecule has 2 fully saturated rings. The van der Waals surface area contributed by atoms with Gasteiger partial charge >= 0.3 is 5.97 Å². The van der Waals surface area contributed by atoms with Gasteiger partial charge in [-0.05, 0) is 50.9 Å². The minimum absolute atomic E-state index is 0.105. The quantitative estimate of drug-likeness (QED) is 0.768. The van der Waals surface area contributed by atoms with E-state index in [-0.39, 0.29) is 17.6 Å². The molecule has 1 aromatic carbocycles. The van der Waals surface area contributed by atoms with E-state index in [0.29, 0.717) is 6.04 Å². The first-order valence-corrected chi connectivity index (χ1v) is 8.52. The Labute approximate surface area is 134 Å². The highest BCUT2D eigenvalue weighted by molar-refractivity contribution is 9.10. The molecule has 3 unspecified atom stereocenters. The fourth-order valence-corrected chi connectivity index (χ4v) is 3.95. The molecule has 2 aliphatic heterocycles. The van der Waals surface area contributed by atoms with Crippen molar-refractivity contribution in [1.82, 2.24) is 4.90 Å². The summed E-state index contributed by atoms with van der Waals surface area (Å²) in [6.45, 7) is 1.93. The Morgan fingerprint density at radius 3 is 2.76 bits per heavy atom. The first-order valence-electron chi connectivity index (χ1n) is 7.73. The normalized spacial score (nSPS) is 30.1. The molecule has 2 heterocycles. The number of halogens is 1. The van der Waals surface area contributed by atoms with E-state index < -0.39 is 0 Å². The molecule has 2 bridgehead atoms. The predicted molar refractivity (Wildman–Crippen MR) is 86.0 cm³/mol. The average molecular weight is 352 g/mol. The van der Waals surface area contributed by atoms with Gasteiger partial charge in [0.1, 0.15) is 0 Å². The van der Waals surface area contributed by atoms with Crippen LogP contribution in [-0.4, -0.2) is 29.7 Å². The summed E-state index contributed by atoms with van der Waals surface area (Å²) in [6, 6.07) is 8.49. The van der Waals surface area contributed by atoms with Crippen molar-refractivity contribution in [2.45, 2.75) is 56.7 Å². The van der Waals surface area contributed by atoms with Gasteiger partial charge in [-0.2, -0.15) is 0 Å². The van der Waals surface area contributed by atoms with E-state index in [1.807, 2.05) is 31.2 Å². The van der Waals surface area contributed by atoms with E-state index in [9.17, 15) is 4.79 Å². The zero-order chi connectivity index (χ0) is 15.0. The van der Waals surface area contributed by atoms with Crippen LogP contribution in [0.3, 0.4) is 0 Å². The summed E-state index contributed by atoms with van der Waals surface area (Å²) in [4.78, 5) is 14.9. The molecule has 2 aliphatic rings. The molecule has 4 heteroatoms. The van der Waals surface area contributed by atoms with E-state index >= 15 is 0 Å². The molecule has 1 aromatic rings. The van der Waals surface area contributed by atoms with E-state index in [4.69, 9.17) is 4.74 Å². The van der Waals surface area contributed by atoms with Crippen LogP contribution in [0.15, 0.2) is 28.7 Å². The van der Waals surface area contributed by atoms with Gasteiger partial charge in [0.05, 0.1) is 5.92 Å². The lowest BCUT2D eigenvalue weighted by Gasteiger charge is -2.42. The SMILES string of the molecule is CC(C(=O)OC12CCCC(CC1)N2C)c1ccc(Br)cc1. The van der Waals surface area contributed by atoms with Crippen LogP contribution in [0, 0.1) is 0 Å². The Bertz CT molecular complexity index is 526. The van der Waals surface area contributed by atoms with Crippen molar-refractivity contribution in [2.24, 2.45) is 0 Å². The predicted octanol–water partition coefficient (Wildman–Crippen LogP) is 4.07. The van der Waals surface area contributed by atoms with Crippen LogP contribution in [0.25, 0.3) is 0 Å². The number of rotatable bonds is 3. The fourth-order valence-electron chi connectivity index (χ4n) is 3.69. The number of esters is 1. The standard InChI is InChI=1S/C17H22BrNO2/c1-12(13-5-7-14(18)8-6-13)16(20)21-17-10-3-4-15(9-11-17)19(17)2/h5-8,12,15H,3-4,9-11H2,1-2H3. The second-order valence-electron chi connectivity index (χ2n) is 6.34. The van der Waals surface area contributed by atoms with Crippen molar-refractivity contribution >= 4 is 21.9 Å². The molecule has 0 radical (unpaired) electrons. The van der Waals surface area contributed by atoms with Crippen molar-refractivity contribution in [3.63, 3.8) is 0 Å². The molecule has 0 spiro atoms. The molecule has 3 rings (SSSR count). The number of benzene rings is 1. The smallest absolute Gasteiger partial charge is 0.314 e. The lowest BCUT2D eigenvalue weighted by atomic mass is 9.98. The molecule has 0 aliphatic carbocycles. The van der Waals surface area contributed by atoms with E-state index in [0.717, 1.165) is 35.7 Å². The van der Waals surface area contributed by atoms with Crippen molar-refractivity contribution in [2.75, 3.05) is 7.05 Å². The maximum absolute atomic E-state index is 12.6. The van der Waals surface area contributed by atoms with E-state index in [1.165, 1.54) is 6.42 Å². The Balaban J connectivity index is 1.72. The van der Waals surface area contributed by atoms with Gasteiger partial charge < -0.3 is 4.74 Å². The number of ether oxygens (including phenoxy) is 1. The molecule has 2 saturated heterocycles. The van der Waals surface area contributed by atoms with Gasteiger partial charge in [-0.3, -0.25) is 9.69 Å². The minimum Gasteiger partial charge on any atom is -0.443 e. The minimum atomic E-state index is -0.344. The summed E-state index contributed by atoms with van der Waals surface area (Å²) in [5.41, 5.74) is 0.663. The van der Waals surface area contributed by atoms with E-state index in [2.05, 4.69) is 27.9 Å². The van der Waals surface area contributed by atoms with Crippen molar-refractivity contribution < 1.29 is 9.53 Å². The lowest BCUT2D eigenvalue weighted by molar-refractivity contribution is -0.186.